The first-order valence-electron chi connectivity index (χ1n) is 5.31. The summed E-state index contributed by atoms with van der Waals surface area (Å²) in [5.41, 5.74) is 1.38. The lowest BCUT2D eigenvalue weighted by atomic mass is 10.1. The number of pyridine rings is 1. The van der Waals surface area contributed by atoms with Gasteiger partial charge in [-0.05, 0) is 25.0 Å². The molecule has 0 saturated heterocycles. The SMILES string of the molecule is CC(Cc1cccnc1)NC(=O)c1cn[nH]n1. The largest absolute Gasteiger partial charge is 0.348 e. The molecule has 6 nitrogen and oxygen atoms in total. The third kappa shape index (κ3) is 3.10. The highest BCUT2D eigenvalue weighted by molar-refractivity contribution is 5.91. The topological polar surface area (TPSA) is 83.6 Å². The minimum atomic E-state index is -0.227. The zero-order valence-corrected chi connectivity index (χ0v) is 9.42. The Hall–Kier alpha value is -2.24. The van der Waals surface area contributed by atoms with Gasteiger partial charge in [-0.15, -0.1) is 0 Å². The second-order valence-electron chi connectivity index (χ2n) is 3.80. The maximum Gasteiger partial charge on any atom is 0.273 e. The molecule has 2 aromatic rings. The lowest BCUT2D eigenvalue weighted by Gasteiger charge is -2.12. The zero-order valence-electron chi connectivity index (χ0n) is 9.42. The number of H-pyrrole nitrogens is 1. The fraction of sp³-hybridized carbons (Fsp3) is 0.273. The molecule has 1 atom stereocenters. The van der Waals surface area contributed by atoms with Crippen LogP contribution in [0.15, 0.2) is 30.7 Å². The van der Waals surface area contributed by atoms with Gasteiger partial charge in [0.1, 0.15) is 0 Å². The van der Waals surface area contributed by atoms with Crippen LogP contribution in [0.2, 0.25) is 0 Å². The van der Waals surface area contributed by atoms with Crippen molar-refractivity contribution in [3.05, 3.63) is 42.0 Å². The predicted molar refractivity (Wildman–Crippen MR) is 61.3 cm³/mol. The van der Waals surface area contributed by atoms with Crippen molar-refractivity contribution in [1.29, 1.82) is 0 Å². The number of amides is 1. The molecular formula is C11H13N5O. The number of aromatic amines is 1. The minimum Gasteiger partial charge on any atom is -0.348 e. The summed E-state index contributed by atoms with van der Waals surface area (Å²) in [7, 11) is 0. The van der Waals surface area contributed by atoms with Crippen LogP contribution in [-0.4, -0.2) is 32.3 Å². The monoisotopic (exact) mass is 231 g/mol. The molecular weight excluding hydrogens is 218 g/mol. The van der Waals surface area contributed by atoms with Crippen LogP contribution in [0, 0.1) is 0 Å². The van der Waals surface area contributed by atoms with Crippen molar-refractivity contribution >= 4 is 5.91 Å². The third-order valence-corrected chi connectivity index (χ3v) is 2.29. The van der Waals surface area contributed by atoms with Gasteiger partial charge < -0.3 is 5.32 Å². The molecule has 0 aliphatic carbocycles. The minimum absolute atomic E-state index is 0.0170. The molecule has 0 radical (unpaired) electrons. The van der Waals surface area contributed by atoms with Crippen LogP contribution >= 0.6 is 0 Å². The highest BCUT2D eigenvalue weighted by Gasteiger charge is 2.12. The van der Waals surface area contributed by atoms with E-state index in [-0.39, 0.29) is 11.9 Å². The van der Waals surface area contributed by atoms with Crippen LogP contribution in [0.4, 0.5) is 0 Å². The number of hydrogen-bond acceptors (Lipinski definition) is 4. The normalized spacial score (nSPS) is 12.1. The summed E-state index contributed by atoms with van der Waals surface area (Å²) in [6, 6.07) is 3.87. The van der Waals surface area contributed by atoms with E-state index in [2.05, 4.69) is 25.7 Å². The molecule has 2 heterocycles. The van der Waals surface area contributed by atoms with Crippen LogP contribution in [0.3, 0.4) is 0 Å². The number of nitrogens with one attached hydrogen (secondary N) is 2. The van der Waals surface area contributed by atoms with E-state index < -0.39 is 0 Å². The second-order valence-corrected chi connectivity index (χ2v) is 3.80. The quantitative estimate of drug-likeness (QED) is 0.805. The second kappa shape index (κ2) is 5.20. The summed E-state index contributed by atoms with van der Waals surface area (Å²) in [6.45, 7) is 1.94. The van der Waals surface area contributed by atoms with E-state index in [0.29, 0.717) is 5.69 Å². The van der Waals surface area contributed by atoms with Gasteiger partial charge in [-0.1, -0.05) is 6.07 Å². The van der Waals surface area contributed by atoms with E-state index in [4.69, 9.17) is 0 Å². The summed E-state index contributed by atoms with van der Waals surface area (Å²) in [5.74, 6) is -0.227. The number of aromatic nitrogens is 4. The van der Waals surface area contributed by atoms with Crippen LogP contribution in [0.25, 0.3) is 0 Å². The highest BCUT2D eigenvalue weighted by atomic mass is 16.2. The van der Waals surface area contributed by atoms with Crippen molar-refractivity contribution in [2.24, 2.45) is 0 Å². The van der Waals surface area contributed by atoms with Gasteiger partial charge in [0.2, 0.25) is 0 Å². The molecule has 6 heteroatoms. The van der Waals surface area contributed by atoms with Gasteiger partial charge in [0, 0.05) is 18.4 Å². The Balaban J connectivity index is 1.90. The van der Waals surface area contributed by atoms with Gasteiger partial charge in [-0.2, -0.15) is 15.4 Å². The third-order valence-electron chi connectivity index (χ3n) is 2.29. The zero-order chi connectivity index (χ0) is 12.1. The van der Waals surface area contributed by atoms with E-state index in [1.165, 1.54) is 6.20 Å². The molecule has 0 aliphatic rings. The molecule has 2 aromatic heterocycles. The number of carbonyl (C=O) groups is 1. The van der Waals surface area contributed by atoms with Crippen molar-refractivity contribution in [2.45, 2.75) is 19.4 Å². The van der Waals surface area contributed by atoms with Crippen LogP contribution < -0.4 is 5.32 Å². The van der Waals surface area contributed by atoms with Crippen molar-refractivity contribution in [3.63, 3.8) is 0 Å². The molecule has 1 unspecified atom stereocenters. The van der Waals surface area contributed by atoms with Crippen molar-refractivity contribution in [3.8, 4) is 0 Å². The Morgan fingerprint density at radius 1 is 1.53 bits per heavy atom. The molecule has 0 aromatic carbocycles. The van der Waals surface area contributed by atoms with Gasteiger partial charge in [0.15, 0.2) is 5.69 Å². The lowest BCUT2D eigenvalue weighted by molar-refractivity contribution is 0.0935. The highest BCUT2D eigenvalue weighted by Crippen LogP contribution is 2.01. The van der Waals surface area contributed by atoms with Gasteiger partial charge in [0.05, 0.1) is 6.20 Å². The predicted octanol–water partition coefficient (Wildman–Crippen LogP) is 0.561. The molecule has 0 saturated carbocycles. The average Bonchev–Trinajstić information content (AvgIpc) is 2.83. The Morgan fingerprint density at radius 3 is 3.06 bits per heavy atom. The molecule has 0 fully saturated rings. The molecule has 2 N–H and O–H groups in total. The van der Waals surface area contributed by atoms with Gasteiger partial charge in [-0.3, -0.25) is 9.78 Å². The number of hydrogen-bond donors (Lipinski definition) is 2. The van der Waals surface area contributed by atoms with E-state index in [1.807, 2.05) is 19.1 Å². The fourth-order valence-corrected chi connectivity index (χ4v) is 1.53. The van der Waals surface area contributed by atoms with Crippen LogP contribution in [0.5, 0.6) is 0 Å². The average molecular weight is 231 g/mol. The smallest absolute Gasteiger partial charge is 0.273 e. The number of rotatable bonds is 4. The molecule has 1 amide bonds. The first-order chi connectivity index (χ1) is 8.25. The fourth-order valence-electron chi connectivity index (χ4n) is 1.53. The Kier molecular flexibility index (Phi) is 3.44. The molecule has 2 rings (SSSR count). The summed E-state index contributed by atoms with van der Waals surface area (Å²) < 4.78 is 0. The van der Waals surface area contributed by atoms with Crippen LogP contribution in [-0.2, 0) is 6.42 Å². The van der Waals surface area contributed by atoms with E-state index >= 15 is 0 Å². The first-order valence-corrected chi connectivity index (χ1v) is 5.31. The summed E-state index contributed by atoms with van der Waals surface area (Å²) in [5, 5.41) is 12.5. The number of carbonyl (C=O) groups excluding carboxylic acids is 1. The molecule has 88 valence electrons. The Labute approximate surface area is 98.5 Å². The van der Waals surface area contributed by atoms with Crippen molar-refractivity contribution in [2.75, 3.05) is 0 Å². The summed E-state index contributed by atoms with van der Waals surface area (Å²) in [4.78, 5) is 15.7. The van der Waals surface area contributed by atoms with Crippen LogP contribution in [0.1, 0.15) is 23.0 Å². The Bertz CT molecular complexity index is 468. The van der Waals surface area contributed by atoms with E-state index in [1.54, 1.807) is 12.4 Å². The number of nitrogens with zero attached hydrogens (tertiary/aromatic N) is 3. The maximum atomic E-state index is 11.7. The molecule has 17 heavy (non-hydrogen) atoms. The molecule has 0 aliphatic heterocycles. The van der Waals surface area contributed by atoms with E-state index in [9.17, 15) is 4.79 Å². The van der Waals surface area contributed by atoms with E-state index in [0.717, 1.165) is 12.0 Å². The van der Waals surface area contributed by atoms with Crippen molar-refractivity contribution < 1.29 is 4.79 Å². The lowest BCUT2D eigenvalue weighted by Crippen LogP contribution is -2.34. The van der Waals surface area contributed by atoms with Gasteiger partial charge in [-0.25, -0.2) is 0 Å². The van der Waals surface area contributed by atoms with Crippen molar-refractivity contribution in [1.82, 2.24) is 25.7 Å². The summed E-state index contributed by atoms with van der Waals surface area (Å²) >= 11 is 0. The van der Waals surface area contributed by atoms with Gasteiger partial charge >= 0.3 is 0 Å². The maximum absolute atomic E-state index is 11.7. The molecule has 0 bridgehead atoms. The molecule has 0 spiro atoms. The standard InChI is InChI=1S/C11H13N5O/c1-8(5-9-3-2-4-12-6-9)14-11(17)10-7-13-16-15-10/h2-4,6-8H,5H2,1H3,(H,14,17)(H,13,15,16). The Morgan fingerprint density at radius 2 is 2.41 bits per heavy atom. The summed E-state index contributed by atoms with van der Waals surface area (Å²) in [6.07, 6.45) is 5.64. The first kappa shape index (κ1) is 11.3. The van der Waals surface area contributed by atoms with Gasteiger partial charge in [0.25, 0.3) is 5.91 Å².